The van der Waals surface area contributed by atoms with E-state index in [4.69, 9.17) is 0 Å². The van der Waals surface area contributed by atoms with E-state index >= 15 is 0 Å². The Balaban J connectivity index is 2.07. The molecule has 1 atom stereocenters. The number of nitrogens with one attached hydrogen (secondary N) is 1. The average Bonchev–Trinajstić information content (AvgIpc) is 2.93. The summed E-state index contributed by atoms with van der Waals surface area (Å²) in [4.78, 5) is 11.7. The predicted octanol–water partition coefficient (Wildman–Crippen LogP) is 1.93. The van der Waals surface area contributed by atoms with E-state index in [1.54, 1.807) is 6.33 Å². The first kappa shape index (κ1) is 13.3. The summed E-state index contributed by atoms with van der Waals surface area (Å²) in [5, 5.41) is 10.8. The molecule has 1 amide bonds. The van der Waals surface area contributed by atoms with Crippen LogP contribution in [0, 0.1) is 5.92 Å². The van der Waals surface area contributed by atoms with Gasteiger partial charge in [-0.15, -0.1) is 10.2 Å². The van der Waals surface area contributed by atoms with Crippen LogP contribution < -0.4 is 5.32 Å². The molecular weight excluding hydrogens is 240 g/mol. The summed E-state index contributed by atoms with van der Waals surface area (Å²) in [6.07, 6.45) is 2.48. The van der Waals surface area contributed by atoms with Crippen molar-refractivity contribution in [1.82, 2.24) is 20.1 Å². The van der Waals surface area contributed by atoms with Crippen LogP contribution >= 0.6 is 0 Å². The smallest absolute Gasteiger partial charge is 0.223 e. The highest BCUT2D eigenvalue weighted by Gasteiger charge is 2.12. The summed E-state index contributed by atoms with van der Waals surface area (Å²) in [6, 6.07) is 9.82. The molecule has 5 nitrogen and oxygen atoms in total. The van der Waals surface area contributed by atoms with Crippen molar-refractivity contribution in [3.05, 3.63) is 42.5 Å². The van der Waals surface area contributed by atoms with E-state index in [1.165, 1.54) is 0 Å². The first-order chi connectivity index (χ1) is 9.22. The molecule has 0 saturated carbocycles. The number of hydrogen-bond acceptors (Lipinski definition) is 3. The van der Waals surface area contributed by atoms with Crippen LogP contribution in [0.5, 0.6) is 0 Å². The van der Waals surface area contributed by atoms with Crippen LogP contribution in [-0.2, 0) is 11.3 Å². The molecule has 100 valence electrons. The topological polar surface area (TPSA) is 59.8 Å². The second kappa shape index (κ2) is 6.13. The molecule has 19 heavy (non-hydrogen) atoms. The first-order valence-electron chi connectivity index (χ1n) is 6.44. The number of rotatable bonds is 5. The lowest BCUT2D eigenvalue weighted by Crippen LogP contribution is -2.29. The fourth-order valence-electron chi connectivity index (χ4n) is 1.71. The van der Waals surface area contributed by atoms with Gasteiger partial charge in [-0.05, 0) is 18.6 Å². The van der Waals surface area contributed by atoms with Crippen LogP contribution in [-0.4, -0.2) is 20.7 Å². The number of nitrogens with zero attached hydrogens (tertiary/aromatic N) is 3. The third-order valence-corrected chi connectivity index (χ3v) is 3.13. The van der Waals surface area contributed by atoms with Gasteiger partial charge in [0.15, 0.2) is 5.82 Å². The Morgan fingerprint density at radius 3 is 2.79 bits per heavy atom. The van der Waals surface area contributed by atoms with E-state index in [-0.39, 0.29) is 11.8 Å². The van der Waals surface area contributed by atoms with Crippen LogP contribution in [0.2, 0.25) is 0 Å². The van der Waals surface area contributed by atoms with Crippen molar-refractivity contribution in [1.29, 1.82) is 0 Å². The molecule has 0 aliphatic heterocycles. The molecule has 2 rings (SSSR count). The molecule has 0 spiro atoms. The van der Waals surface area contributed by atoms with Crippen LogP contribution in [0.25, 0.3) is 5.69 Å². The van der Waals surface area contributed by atoms with Crippen molar-refractivity contribution < 1.29 is 4.79 Å². The zero-order valence-electron chi connectivity index (χ0n) is 11.2. The molecule has 0 bridgehead atoms. The van der Waals surface area contributed by atoms with Gasteiger partial charge in [-0.2, -0.15) is 0 Å². The molecule has 1 aromatic heterocycles. The molecule has 0 radical (unpaired) electrons. The summed E-state index contributed by atoms with van der Waals surface area (Å²) >= 11 is 0. The largest absolute Gasteiger partial charge is 0.349 e. The third kappa shape index (κ3) is 3.19. The van der Waals surface area contributed by atoms with Crippen LogP contribution in [0.1, 0.15) is 26.1 Å². The van der Waals surface area contributed by atoms with E-state index < -0.39 is 0 Å². The van der Waals surface area contributed by atoms with E-state index in [0.717, 1.165) is 17.9 Å². The molecule has 0 unspecified atom stereocenters. The van der Waals surface area contributed by atoms with Gasteiger partial charge in [0, 0.05) is 11.6 Å². The number of hydrogen-bond donors (Lipinski definition) is 1. The Bertz CT molecular complexity index is 535. The first-order valence-corrected chi connectivity index (χ1v) is 6.44. The number of carbonyl (C=O) groups is 1. The summed E-state index contributed by atoms with van der Waals surface area (Å²) in [7, 11) is 0. The molecule has 0 aliphatic carbocycles. The maximum Gasteiger partial charge on any atom is 0.223 e. The summed E-state index contributed by atoms with van der Waals surface area (Å²) in [6.45, 7) is 4.30. The second-order valence-electron chi connectivity index (χ2n) is 4.48. The minimum Gasteiger partial charge on any atom is -0.349 e. The van der Waals surface area contributed by atoms with Gasteiger partial charge >= 0.3 is 0 Å². The number of amides is 1. The van der Waals surface area contributed by atoms with E-state index in [0.29, 0.717) is 6.54 Å². The van der Waals surface area contributed by atoms with Gasteiger partial charge in [0.1, 0.15) is 6.33 Å². The lowest BCUT2D eigenvalue weighted by atomic mass is 10.1. The maximum atomic E-state index is 11.7. The Hall–Kier alpha value is -2.17. The summed E-state index contributed by atoms with van der Waals surface area (Å²) in [5.74, 6) is 0.793. The Morgan fingerprint density at radius 1 is 1.37 bits per heavy atom. The number of benzene rings is 1. The second-order valence-corrected chi connectivity index (χ2v) is 4.48. The fourth-order valence-corrected chi connectivity index (χ4v) is 1.71. The highest BCUT2D eigenvalue weighted by atomic mass is 16.1. The normalized spacial score (nSPS) is 12.1. The van der Waals surface area contributed by atoms with Gasteiger partial charge in [0.2, 0.25) is 5.91 Å². The van der Waals surface area contributed by atoms with E-state index in [1.807, 2.05) is 48.7 Å². The molecule has 5 heteroatoms. The number of aromatic nitrogens is 3. The highest BCUT2D eigenvalue weighted by Crippen LogP contribution is 2.09. The quantitative estimate of drug-likeness (QED) is 0.891. The highest BCUT2D eigenvalue weighted by molar-refractivity contribution is 5.78. The molecular formula is C14H18N4O. The van der Waals surface area contributed by atoms with Gasteiger partial charge in [0.05, 0.1) is 6.54 Å². The van der Waals surface area contributed by atoms with Crippen molar-refractivity contribution in [2.24, 2.45) is 5.92 Å². The van der Waals surface area contributed by atoms with E-state index in [9.17, 15) is 4.79 Å². The van der Waals surface area contributed by atoms with E-state index in [2.05, 4.69) is 15.5 Å². The predicted molar refractivity (Wildman–Crippen MR) is 72.7 cm³/mol. The van der Waals surface area contributed by atoms with Gasteiger partial charge in [-0.3, -0.25) is 9.36 Å². The van der Waals surface area contributed by atoms with Crippen molar-refractivity contribution >= 4 is 5.91 Å². The number of para-hydroxylation sites is 1. The van der Waals surface area contributed by atoms with Crippen molar-refractivity contribution in [2.45, 2.75) is 26.8 Å². The molecule has 0 fully saturated rings. The van der Waals surface area contributed by atoms with Crippen LogP contribution in [0.15, 0.2) is 36.7 Å². The zero-order valence-corrected chi connectivity index (χ0v) is 11.2. The molecule has 1 aromatic carbocycles. The summed E-state index contributed by atoms with van der Waals surface area (Å²) < 4.78 is 1.87. The molecule has 0 aliphatic rings. The number of carbonyl (C=O) groups excluding carboxylic acids is 1. The lowest BCUT2D eigenvalue weighted by Gasteiger charge is -2.10. The average molecular weight is 258 g/mol. The SMILES string of the molecule is CC[C@H](C)C(=O)NCc1nncn1-c1ccccc1. The minimum absolute atomic E-state index is 0.0214. The van der Waals surface area contributed by atoms with Gasteiger partial charge in [0.25, 0.3) is 0 Å². The molecule has 1 N–H and O–H groups in total. The van der Waals surface area contributed by atoms with Crippen molar-refractivity contribution in [3.63, 3.8) is 0 Å². The van der Waals surface area contributed by atoms with Crippen molar-refractivity contribution in [2.75, 3.05) is 0 Å². The van der Waals surface area contributed by atoms with Crippen molar-refractivity contribution in [3.8, 4) is 5.69 Å². The zero-order chi connectivity index (χ0) is 13.7. The Morgan fingerprint density at radius 2 is 2.11 bits per heavy atom. The summed E-state index contributed by atoms with van der Waals surface area (Å²) in [5.41, 5.74) is 0.986. The molecule has 1 heterocycles. The van der Waals surface area contributed by atoms with Gasteiger partial charge in [-0.25, -0.2) is 0 Å². The van der Waals surface area contributed by atoms with Crippen LogP contribution in [0.4, 0.5) is 0 Å². The Labute approximate surface area is 112 Å². The third-order valence-electron chi connectivity index (χ3n) is 3.13. The molecule has 2 aromatic rings. The lowest BCUT2D eigenvalue weighted by molar-refractivity contribution is -0.124. The Kier molecular flexibility index (Phi) is 4.28. The molecule has 0 saturated heterocycles. The fraction of sp³-hybridized carbons (Fsp3) is 0.357. The van der Waals surface area contributed by atoms with Gasteiger partial charge < -0.3 is 5.32 Å². The van der Waals surface area contributed by atoms with Gasteiger partial charge in [-0.1, -0.05) is 32.0 Å². The maximum absolute atomic E-state index is 11.7. The minimum atomic E-state index is 0.0214. The van der Waals surface area contributed by atoms with Crippen LogP contribution in [0.3, 0.4) is 0 Å². The standard InChI is InChI=1S/C14H18N4O/c1-3-11(2)14(19)15-9-13-17-16-10-18(13)12-7-5-4-6-8-12/h4-8,10-11H,3,9H2,1-2H3,(H,15,19)/t11-/m0/s1. The monoisotopic (exact) mass is 258 g/mol.